The minimum Gasteiger partial charge on any atom is -0.423 e. The molecule has 0 saturated carbocycles. The second-order valence-electron chi connectivity index (χ2n) is 5.03. The maximum atomic E-state index is 13.4. The van der Waals surface area contributed by atoms with Crippen molar-refractivity contribution in [2.75, 3.05) is 7.05 Å². The highest BCUT2D eigenvalue weighted by molar-refractivity contribution is 6.58. The molecule has 0 atom stereocenters. The molecule has 0 unspecified atom stereocenters. The summed E-state index contributed by atoms with van der Waals surface area (Å²) in [6, 6.07) is 11.9. The van der Waals surface area contributed by atoms with E-state index in [0.717, 1.165) is 11.1 Å². The van der Waals surface area contributed by atoms with Gasteiger partial charge in [0.2, 0.25) is 0 Å². The molecule has 0 spiro atoms. The Balaban J connectivity index is 2.06. The minimum absolute atomic E-state index is 0.108. The first-order chi connectivity index (χ1) is 9.95. The van der Waals surface area contributed by atoms with E-state index in [0.29, 0.717) is 18.1 Å². The monoisotopic (exact) mass is 307 g/mol. The summed E-state index contributed by atoms with van der Waals surface area (Å²) in [6.45, 7) is 1.25. The second kappa shape index (κ2) is 7.05. The minimum atomic E-state index is -1.80. The number of rotatable bonds is 5. The Morgan fingerprint density at radius 1 is 1.10 bits per heavy atom. The van der Waals surface area contributed by atoms with E-state index in [4.69, 9.17) is 21.6 Å². The molecule has 0 aliphatic carbocycles. The van der Waals surface area contributed by atoms with Crippen LogP contribution in [0.5, 0.6) is 0 Å². The first-order valence-corrected chi connectivity index (χ1v) is 6.91. The number of hydrogen-bond donors (Lipinski definition) is 2. The third-order valence-electron chi connectivity index (χ3n) is 3.13. The van der Waals surface area contributed by atoms with E-state index >= 15 is 0 Å². The number of hydrogen-bond acceptors (Lipinski definition) is 3. The fraction of sp³-hybridized carbons (Fsp3) is 0.200. The lowest BCUT2D eigenvalue weighted by Crippen LogP contribution is -2.33. The van der Waals surface area contributed by atoms with Crippen LogP contribution in [0.3, 0.4) is 0 Å². The summed E-state index contributed by atoms with van der Waals surface area (Å²) < 4.78 is 13.4. The molecule has 0 radical (unpaired) electrons. The average Bonchev–Trinajstić information content (AvgIpc) is 2.40. The van der Waals surface area contributed by atoms with Crippen LogP contribution < -0.4 is 5.46 Å². The van der Waals surface area contributed by atoms with Gasteiger partial charge in [-0.05, 0) is 36.4 Å². The van der Waals surface area contributed by atoms with E-state index in [1.54, 1.807) is 6.07 Å². The molecule has 0 aliphatic rings. The van der Waals surface area contributed by atoms with Crippen LogP contribution >= 0.6 is 11.6 Å². The lowest BCUT2D eigenvalue weighted by molar-refractivity contribution is 0.319. The highest BCUT2D eigenvalue weighted by atomic mass is 35.5. The van der Waals surface area contributed by atoms with Gasteiger partial charge in [0, 0.05) is 23.6 Å². The quantitative estimate of drug-likeness (QED) is 0.828. The largest absolute Gasteiger partial charge is 0.491 e. The Morgan fingerprint density at radius 3 is 2.38 bits per heavy atom. The lowest BCUT2D eigenvalue weighted by atomic mass is 9.79. The topological polar surface area (TPSA) is 43.7 Å². The van der Waals surface area contributed by atoms with Gasteiger partial charge in [-0.1, -0.05) is 35.9 Å². The number of halogens is 2. The molecule has 21 heavy (non-hydrogen) atoms. The van der Waals surface area contributed by atoms with Crippen LogP contribution in [0.2, 0.25) is 5.02 Å². The van der Waals surface area contributed by atoms with Crippen LogP contribution in [-0.4, -0.2) is 29.1 Å². The fourth-order valence-electron chi connectivity index (χ4n) is 2.20. The summed E-state index contributed by atoms with van der Waals surface area (Å²) in [5.74, 6) is -0.619. The van der Waals surface area contributed by atoms with Crippen molar-refractivity contribution in [3.63, 3.8) is 0 Å². The molecule has 0 aliphatic heterocycles. The van der Waals surface area contributed by atoms with Gasteiger partial charge in [-0.25, -0.2) is 4.39 Å². The molecule has 0 aromatic heterocycles. The van der Waals surface area contributed by atoms with Gasteiger partial charge in [-0.15, -0.1) is 0 Å². The molecule has 2 aromatic carbocycles. The van der Waals surface area contributed by atoms with Crippen molar-refractivity contribution in [2.24, 2.45) is 0 Å². The zero-order valence-corrected chi connectivity index (χ0v) is 12.4. The van der Waals surface area contributed by atoms with Gasteiger partial charge in [0.05, 0.1) is 0 Å². The molecule has 2 rings (SSSR count). The van der Waals surface area contributed by atoms with Gasteiger partial charge in [0.15, 0.2) is 0 Å². The molecule has 0 fully saturated rings. The zero-order chi connectivity index (χ0) is 15.4. The third-order valence-corrected chi connectivity index (χ3v) is 3.37. The van der Waals surface area contributed by atoms with Gasteiger partial charge in [-0.2, -0.15) is 0 Å². The molecule has 3 nitrogen and oxygen atoms in total. The molecule has 6 heteroatoms. The molecule has 2 N–H and O–H groups in total. The Morgan fingerprint density at radius 2 is 1.76 bits per heavy atom. The lowest BCUT2D eigenvalue weighted by Gasteiger charge is -2.17. The van der Waals surface area contributed by atoms with Gasteiger partial charge < -0.3 is 10.0 Å². The molecule has 0 heterocycles. The van der Waals surface area contributed by atoms with Crippen molar-refractivity contribution < 1.29 is 14.4 Å². The SMILES string of the molecule is CN(Cc1cccc(Cl)c1)Cc1ccc(F)c(B(O)O)c1. The molecular weight excluding hydrogens is 291 g/mol. The van der Waals surface area contributed by atoms with Crippen LogP contribution in [0.1, 0.15) is 11.1 Å². The zero-order valence-electron chi connectivity index (χ0n) is 11.6. The van der Waals surface area contributed by atoms with Crippen LogP contribution in [-0.2, 0) is 13.1 Å². The number of nitrogens with zero attached hydrogens (tertiary/aromatic N) is 1. The molecule has 0 amide bonds. The maximum absolute atomic E-state index is 13.4. The van der Waals surface area contributed by atoms with Crippen LogP contribution in [0.4, 0.5) is 4.39 Å². The van der Waals surface area contributed by atoms with Crippen molar-refractivity contribution in [3.8, 4) is 0 Å². The third kappa shape index (κ3) is 4.54. The van der Waals surface area contributed by atoms with Gasteiger partial charge in [0.1, 0.15) is 5.82 Å². The van der Waals surface area contributed by atoms with Crippen molar-refractivity contribution in [1.82, 2.24) is 4.90 Å². The van der Waals surface area contributed by atoms with E-state index < -0.39 is 12.9 Å². The average molecular weight is 308 g/mol. The van der Waals surface area contributed by atoms with Gasteiger partial charge in [0.25, 0.3) is 0 Å². The van der Waals surface area contributed by atoms with Gasteiger partial charge >= 0.3 is 7.12 Å². The number of benzene rings is 2. The van der Waals surface area contributed by atoms with E-state index in [-0.39, 0.29) is 5.46 Å². The molecule has 0 bridgehead atoms. The van der Waals surface area contributed by atoms with E-state index in [9.17, 15) is 4.39 Å². The summed E-state index contributed by atoms with van der Waals surface area (Å²) in [6.07, 6.45) is 0. The second-order valence-corrected chi connectivity index (χ2v) is 5.47. The van der Waals surface area contributed by atoms with E-state index in [1.807, 2.05) is 36.2 Å². The first-order valence-electron chi connectivity index (χ1n) is 6.53. The van der Waals surface area contributed by atoms with Crippen molar-refractivity contribution in [3.05, 3.63) is 64.4 Å². The molecule has 2 aromatic rings. The maximum Gasteiger partial charge on any atom is 0.491 e. The summed E-state index contributed by atoms with van der Waals surface area (Å²) in [7, 11) is 0.127. The predicted molar refractivity (Wildman–Crippen MR) is 82.8 cm³/mol. The van der Waals surface area contributed by atoms with E-state index in [1.165, 1.54) is 12.1 Å². The van der Waals surface area contributed by atoms with Crippen LogP contribution in [0.15, 0.2) is 42.5 Å². The smallest absolute Gasteiger partial charge is 0.423 e. The molecule has 0 saturated heterocycles. The van der Waals surface area contributed by atoms with Crippen molar-refractivity contribution in [1.29, 1.82) is 0 Å². The highest BCUT2D eigenvalue weighted by Gasteiger charge is 2.17. The normalized spacial score (nSPS) is 11.0. The van der Waals surface area contributed by atoms with Gasteiger partial charge in [-0.3, -0.25) is 4.90 Å². The predicted octanol–water partition coefficient (Wildman–Crippen LogP) is 1.79. The summed E-state index contributed by atoms with van der Waals surface area (Å²) in [4.78, 5) is 2.03. The Labute approximate surface area is 128 Å². The Bertz CT molecular complexity index is 624. The fourth-order valence-corrected chi connectivity index (χ4v) is 2.42. The van der Waals surface area contributed by atoms with Crippen molar-refractivity contribution >= 4 is 24.2 Å². The summed E-state index contributed by atoms with van der Waals surface area (Å²) in [5, 5.41) is 18.9. The standard InChI is InChI=1S/C15H16BClFNO2/c1-19(9-11-3-2-4-13(17)7-11)10-12-5-6-15(18)14(8-12)16(20)21/h2-8,20-21H,9-10H2,1H3. The van der Waals surface area contributed by atoms with Crippen LogP contribution in [0.25, 0.3) is 0 Å². The Kier molecular flexibility index (Phi) is 5.36. The molecular formula is C15H16BClFNO2. The van der Waals surface area contributed by atoms with E-state index in [2.05, 4.69) is 0 Å². The summed E-state index contributed by atoms with van der Waals surface area (Å²) >= 11 is 5.95. The van der Waals surface area contributed by atoms with Crippen LogP contribution in [0, 0.1) is 5.82 Å². The Hall–Kier alpha value is -1.40. The summed E-state index contributed by atoms with van der Waals surface area (Å²) in [5.41, 5.74) is 1.78. The molecule has 110 valence electrons. The van der Waals surface area contributed by atoms with Crippen molar-refractivity contribution in [2.45, 2.75) is 13.1 Å². The highest BCUT2D eigenvalue weighted by Crippen LogP contribution is 2.13. The first kappa shape index (κ1) is 16.0.